The van der Waals surface area contributed by atoms with Gasteiger partial charge in [-0.2, -0.15) is 0 Å². The smallest absolute Gasteiger partial charge is 0.323 e. The van der Waals surface area contributed by atoms with Crippen LogP contribution in [0.3, 0.4) is 0 Å². The van der Waals surface area contributed by atoms with E-state index in [1.165, 1.54) is 30.2 Å². The number of ether oxygens (including phenoxy) is 1. The van der Waals surface area contributed by atoms with Gasteiger partial charge in [-0.15, -0.1) is 0 Å². The number of carboxylic acid groups (broad SMARTS) is 1. The molecule has 1 rings (SSSR count). The third kappa shape index (κ3) is 5.26. The Morgan fingerprint density at radius 3 is 2.70 bits per heavy atom. The van der Waals surface area contributed by atoms with Crippen molar-refractivity contribution >= 4 is 27.8 Å². The van der Waals surface area contributed by atoms with Crippen LogP contribution in [0.25, 0.3) is 0 Å². The predicted molar refractivity (Wildman–Crippen MR) is 73.9 cm³/mol. The van der Waals surface area contributed by atoms with E-state index in [9.17, 15) is 14.0 Å². The van der Waals surface area contributed by atoms with Crippen molar-refractivity contribution in [2.24, 2.45) is 0 Å². The number of carbonyl (C=O) groups excluding carboxylic acids is 1. The third-order valence-electron chi connectivity index (χ3n) is 2.58. The largest absolute Gasteiger partial charge is 0.480 e. The summed E-state index contributed by atoms with van der Waals surface area (Å²) in [6.45, 7) is 0.0701. The number of aliphatic carboxylic acids is 1. The van der Waals surface area contributed by atoms with E-state index in [1.54, 1.807) is 0 Å². The van der Waals surface area contributed by atoms with E-state index in [2.05, 4.69) is 15.9 Å². The second-order valence-electron chi connectivity index (χ2n) is 4.13. The van der Waals surface area contributed by atoms with Crippen LogP contribution in [0.5, 0.6) is 0 Å². The topological polar surface area (TPSA) is 66.8 Å². The number of hydrogen-bond donors (Lipinski definition) is 1. The lowest BCUT2D eigenvalue weighted by atomic mass is 10.1. The minimum absolute atomic E-state index is 0.00980. The lowest BCUT2D eigenvalue weighted by Crippen LogP contribution is -2.38. The molecule has 110 valence electrons. The molecule has 0 aromatic heterocycles. The first-order valence-corrected chi connectivity index (χ1v) is 6.65. The van der Waals surface area contributed by atoms with Crippen molar-refractivity contribution in [1.29, 1.82) is 0 Å². The maximum absolute atomic E-state index is 13.1. The SMILES string of the molecule is COCCN(CC(=O)O)C(=O)Cc1ccc(F)c(Br)c1. The Hall–Kier alpha value is -1.47. The van der Waals surface area contributed by atoms with E-state index in [1.807, 2.05) is 0 Å². The zero-order valence-corrected chi connectivity index (χ0v) is 12.5. The van der Waals surface area contributed by atoms with Crippen LogP contribution in [-0.4, -0.2) is 48.7 Å². The number of carboxylic acids is 1. The fraction of sp³-hybridized carbons (Fsp3) is 0.385. The standard InChI is InChI=1S/C13H15BrFNO4/c1-20-5-4-16(8-13(18)19)12(17)7-9-2-3-11(15)10(14)6-9/h2-3,6H,4-5,7-8H2,1H3,(H,18,19). The first-order valence-electron chi connectivity index (χ1n) is 5.86. The Kier molecular flexibility index (Phi) is 6.60. The van der Waals surface area contributed by atoms with E-state index in [0.717, 1.165) is 0 Å². The minimum Gasteiger partial charge on any atom is -0.480 e. The molecule has 20 heavy (non-hydrogen) atoms. The summed E-state index contributed by atoms with van der Waals surface area (Å²) >= 11 is 3.04. The number of benzene rings is 1. The molecular weight excluding hydrogens is 333 g/mol. The van der Waals surface area contributed by atoms with Crippen LogP contribution in [0, 0.1) is 5.82 Å². The summed E-state index contributed by atoms with van der Waals surface area (Å²) in [6, 6.07) is 4.25. The van der Waals surface area contributed by atoms with Crippen LogP contribution >= 0.6 is 15.9 Å². The summed E-state index contributed by atoms with van der Waals surface area (Å²) in [7, 11) is 1.47. The van der Waals surface area contributed by atoms with Gasteiger partial charge >= 0.3 is 5.97 Å². The first kappa shape index (κ1) is 16.6. The van der Waals surface area contributed by atoms with Crippen molar-refractivity contribution < 1.29 is 23.8 Å². The molecule has 7 heteroatoms. The molecule has 0 spiro atoms. The van der Waals surface area contributed by atoms with Crippen LogP contribution in [0.4, 0.5) is 4.39 Å². The zero-order valence-electron chi connectivity index (χ0n) is 10.9. The van der Waals surface area contributed by atoms with Gasteiger partial charge in [-0.1, -0.05) is 6.07 Å². The molecule has 1 N–H and O–H groups in total. The number of amides is 1. The molecule has 0 radical (unpaired) electrons. The van der Waals surface area contributed by atoms with Gasteiger partial charge in [0, 0.05) is 13.7 Å². The summed E-state index contributed by atoms with van der Waals surface area (Å²) in [4.78, 5) is 24.0. The van der Waals surface area contributed by atoms with Gasteiger partial charge in [0.15, 0.2) is 0 Å². The number of nitrogens with zero attached hydrogens (tertiary/aromatic N) is 1. The van der Waals surface area contributed by atoms with Gasteiger partial charge in [-0.3, -0.25) is 9.59 Å². The highest BCUT2D eigenvalue weighted by Crippen LogP contribution is 2.17. The number of carbonyl (C=O) groups is 2. The van der Waals surface area contributed by atoms with Gasteiger partial charge in [-0.05, 0) is 33.6 Å². The molecule has 0 atom stereocenters. The van der Waals surface area contributed by atoms with Crippen molar-refractivity contribution in [3.05, 3.63) is 34.1 Å². The summed E-state index contributed by atoms with van der Waals surface area (Å²) in [5.41, 5.74) is 0.607. The number of rotatable bonds is 7. The lowest BCUT2D eigenvalue weighted by molar-refractivity contribution is -0.144. The number of halogens is 2. The predicted octanol–water partition coefficient (Wildman–Crippen LogP) is 1.69. The minimum atomic E-state index is -1.09. The van der Waals surface area contributed by atoms with Gasteiger partial charge in [-0.25, -0.2) is 4.39 Å². The Morgan fingerprint density at radius 2 is 2.15 bits per heavy atom. The van der Waals surface area contributed by atoms with Crippen molar-refractivity contribution in [3.63, 3.8) is 0 Å². The highest BCUT2D eigenvalue weighted by molar-refractivity contribution is 9.10. The van der Waals surface area contributed by atoms with E-state index in [4.69, 9.17) is 9.84 Å². The van der Waals surface area contributed by atoms with Gasteiger partial charge in [0.2, 0.25) is 5.91 Å². The Balaban J connectivity index is 2.73. The molecule has 0 bridgehead atoms. The molecule has 0 unspecified atom stereocenters. The second kappa shape index (κ2) is 7.96. The molecule has 5 nitrogen and oxygen atoms in total. The fourth-order valence-electron chi connectivity index (χ4n) is 1.59. The Bertz CT molecular complexity index is 495. The van der Waals surface area contributed by atoms with E-state index < -0.39 is 11.8 Å². The number of hydrogen-bond acceptors (Lipinski definition) is 3. The van der Waals surface area contributed by atoms with Gasteiger partial charge in [0.1, 0.15) is 12.4 Å². The molecule has 0 aliphatic heterocycles. The normalized spacial score (nSPS) is 10.3. The fourth-order valence-corrected chi connectivity index (χ4v) is 2.02. The molecule has 1 aromatic carbocycles. The zero-order chi connectivity index (χ0) is 15.1. The molecule has 0 heterocycles. The van der Waals surface area contributed by atoms with Crippen LogP contribution in [0.15, 0.2) is 22.7 Å². The molecule has 1 aromatic rings. The Morgan fingerprint density at radius 1 is 1.45 bits per heavy atom. The van der Waals surface area contributed by atoms with Gasteiger partial charge in [0.25, 0.3) is 0 Å². The maximum atomic E-state index is 13.1. The Labute approximate surface area is 124 Å². The summed E-state index contributed by atoms with van der Waals surface area (Å²) in [6.07, 6.45) is 0.00980. The van der Waals surface area contributed by atoms with Crippen LogP contribution < -0.4 is 0 Å². The van der Waals surface area contributed by atoms with Crippen LogP contribution in [0.1, 0.15) is 5.56 Å². The molecule has 0 saturated heterocycles. The summed E-state index contributed by atoms with van der Waals surface area (Å²) in [5.74, 6) is -1.85. The third-order valence-corrected chi connectivity index (χ3v) is 3.19. The first-order chi connectivity index (χ1) is 9.43. The van der Waals surface area contributed by atoms with Crippen LogP contribution in [0.2, 0.25) is 0 Å². The molecule has 0 aliphatic rings. The highest BCUT2D eigenvalue weighted by atomic mass is 79.9. The monoisotopic (exact) mass is 347 g/mol. The molecular formula is C13H15BrFNO4. The molecule has 1 amide bonds. The van der Waals surface area contributed by atoms with E-state index >= 15 is 0 Å². The maximum Gasteiger partial charge on any atom is 0.323 e. The summed E-state index contributed by atoms with van der Waals surface area (Å²) < 4.78 is 18.2. The van der Waals surface area contributed by atoms with Gasteiger partial charge < -0.3 is 14.7 Å². The average Bonchev–Trinajstić information content (AvgIpc) is 2.38. The average molecular weight is 348 g/mol. The van der Waals surface area contributed by atoms with E-state index in [0.29, 0.717) is 5.56 Å². The molecule has 0 fully saturated rings. The second-order valence-corrected chi connectivity index (χ2v) is 4.98. The van der Waals surface area contributed by atoms with Crippen molar-refractivity contribution in [2.75, 3.05) is 26.8 Å². The summed E-state index contributed by atoms with van der Waals surface area (Å²) in [5, 5.41) is 8.79. The van der Waals surface area contributed by atoms with Crippen molar-refractivity contribution in [2.45, 2.75) is 6.42 Å². The number of methoxy groups -OCH3 is 1. The molecule has 0 saturated carbocycles. The van der Waals surface area contributed by atoms with Gasteiger partial charge in [0.05, 0.1) is 17.5 Å². The van der Waals surface area contributed by atoms with E-state index in [-0.39, 0.29) is 36.5 Å². The quantitative estimate of drug-likeness (QED) is 0.814. The van der Waals surface area contributed by atoms with Crippen molar-refractivity contribution in [1.82, 2.24) is 4.90 Å². The van der Waals surface area contributed by atoms with Crippen molar-refractivity contribution in [3.8, 4) is 0 Å². The lowest BCUT2D eigenvalue weighted by Gasteiger charge is -2.20. The van der Waals surface area contributed by atoms with Crippen LogP contribution in [-0.2, 0) is 20.7 Å². The highest BCUT2D eigenvalue weighted by Gasteiger charge is 2.17. The molecule has 0 aliphatic carbocycles.